The van der Waals surface area contributed by atoms with Gasteiger partial charge in [0.1, 0.15) is 5.75 Å². The summed E-state index contributed by atoms with van der Waals surface area (Å²) in [4.78, 5) is 2.27. The Morgan fingerprint density at radius 1 is 1.30 bits per heavy atom. The third kappa shape index (κ3) is 5.02. The molecule has 0 unspecified atom stereocenters. The molecule has 1 aliphatic rings. The number of alkyl halides is 3. The van der Waals surface area contributed by atoms with Gasteiger partial charge in [-0.3, -0.25) is 0 Å². The molecule has 1 N–H and O–H groups in total. The predicted molar refractivity (Wildman–Crippen MR) is 70.5 cm³/mol. The molecule has 6 heteroatoms. The Bertz CT molecular complexity index is 433. The standard InChI is InChI=1S/C14H19F3N2O/c1-19(12-6-7-12)9-8-18-10-11-4-2-3-5-13(11)20-14(15,16)17/h2-5,12,18H,6-10H2,1H3. The van der Waals surface area contributed by atoms with Gasteiger partial charge in [-0.05, 0) is 26.0 Å². The Morgan fingerprint density at radius 3 is 2.65 bits per heavy atom. The van der Waals surface area contributed by atoms with Gasteiger partial charge < -0.3 is 15.0 Å². The van der Waals surface area contributed by atoms with Crippen LogP contribution in [0.3, 0.4) is 0 Å². The number of ether oxygens (including phenoxy) is 1. The Hall–Kier alpha value is -1.27. The number of nitrogens with one attached hydrogen (secondary N) is 1. The van der Waals surface area contributed by atoms with Crippen molar-refractivity contribution in [2.75, 3.05) is 20.1 Å². The highest BCUT2D eigenvalue weighted by atomic mass is 19.4. The molecule has 0 saturated heterocycles. The fourth-order valence-electron chi connectivity index (χ4n) is 2.05. The van der Waals surface area contributed by atoms with Gasteiger partial charge >= 0.3 is 6.36 Å². The van der Waals surface area contributed by atoms with Crippen LogP contribution in [0.15, 0.2) is 24.3 Å². The lowest BCUT2D eigenvalue weighted by Gasteiger charge is -2.17. The monoisotopic (exact) mass is 288 g/mol. The van der Waals surface area contributed by atoms with Crippen LogP contribution in [0.25, 0.3) is 0 Å². The van der Waals surface area contributed by atoms with Crippen molar-refractivity contribution in [1.82, 2.24) is 10.2 Å². The van der Waals surface area contributed by atoms with E-state index in [-0.39, 0.29) is 5.75 Å². The van der Waals surface area contributed by atoms with Gasteiger partial charge in [0, 0.05) is 31.2 Å². The molecule has 1 aromatic rings. The fraction of sp³-hybridized carbons (Fsp3) is 0.571. The molecule has 1 fully saturated rings. The summed E-state index contributed by atoms with van der Waals surface area (Å²) >= 11 is 0. The minimum atomic E-state index is -4.65. The second-order valence-electron chi connectivity index (χ2n) is 5.04. The summed E-state index contributed by atoms with van der Waals surface area (Å²) in [6, 6.07) is 6.90. The molecule has 0 atom stereocenters. The van der Waals surface area contributed by atoms with Crippen LogP contribution in [0.5, 0.6) is 5.75 Å². The van der Waals surface area contributed by atoms with Gasteiger partial charge in [-0.25, -0.2) is 0 Å². The Labute approximate surface area is 116 Å². The van der Waals surface area contributed by atoms with E-state index in [1.165, 1.54) is 25.0 Å². The lowest BCUT2D eigenvalue weighted by atomic mass is 10.2. The second kappa shape index (κ2) is 6.45. The maximum atomic E-state index is 12.3. The van der Waals surface area contributed by atoms with E-state index < -0.39 is 6.36 Å². The molecule has 0 aliphatic heterocycles. The molecule has 0 amide bonds. The van der Waals surface area contributed by atoms with E-state index in [0.29, 0.717) is 18.2 Å². The van der Waals surface area contributed by atoms with Crippen LogP contribution in [-0.2, 0) is 6.54 Å². The van der Waals surface area contributed by atoms with Crippen LogP contribution in [0.4, 0.5) is 13.2 Å². The van der Waals surface area contributed by atoms with Crippen molar-refractivity contribution < 1.29 is 17.9 Å². The van der Waals surface area contributed by atoms with E-state index in [1.54, 1.807) is 12.1 Å². The summed E-state index contributed by atoms with van der Waals surface area (Å²) in [6.07, 6.45) is -2.15. The van der Waals surface area contributed by atoms with E-state index in [1.807, 2.05) is 0 Å². The van der Waals surface area contributed by atoms with E-state index >= 15 is 0 Å². The molecule has 20 heavy (non-hydrogen) atoms. The van der Waals surface area contributed by atoms with Gasteiger partial charge in [0.25, 0.3) is 0 Å². The quantitative estimate of drug-likeness (QED) is 0.781. The Morgan fingerprint density at radius 2 is 2.00 bits per heavy atom. The molecule has 2 rings (SSSR count). The van der Waals surface area contributed by atoms with Gasteiger partial charge in [-0.2, -0.15) is 0 Å². The summed E-state index contributed by atoms with van der Waals surface area (Å²) in [7, 11) is 2.07. The Kier molecular flexibility index (Phi) is 4.88. The average Bonchev–Trinajstić information content (AvgIpc) is 3.18. The van der Waals surface area contributed by atoms with Crippen LogP contribution in [0, 0.1) is 0 Å². The van der Waals surface area contributed by atoms with Crippen molar-refractivity contribution in [1.29, 1.82) is 0 Å². The number of rotatable bonds is 7. The molecule has 0 heterocycles. The van der Waals surface area contributed by atoms with Gasteiger partial charge in [0.2, 0.25) is 0 Å². The van der Waals surface area contributed by atoms with Crippen molar-refractivity contribution in [3.8, 4) is 5.75 Å². The highest BCUT2D eigenvalue weighted by Gasteiger charge is 2.31. The van der Waals surface area contributed by atoms with Crippen LogP contribution >= 0.6 is 0 Å². The SMILES string of the molecule is CN(CCNCc1ccccc1OC(F)(F)F)C1CC1. The lowest BCUT2D eigenvalue weighted by Crippen LogP contribution is -2.30. The number of para-hydroxylation sites is 1. The van der Waals surface area contributed by atoms with Crippen LogP contribution in [-0.4, -0.2) is 37.4 Å². The average molecular weight is 288 g/mol. The zero-order chi connectivity index (χ0) is 14.6. The zero-order valence-corrected chi connectivity index (χ0v) is 11.4. The number of nitrogens with zero attached hydrogens (tertiary/aromatic N) is 1. The second-order valence-corrected chi connectivity index (χ2v) is 5.04. The van der Waals surface area contributed by atoms with Gasteiger partial charge in [0.05, 0.1) is 0 Å². The van der Waals surface area contributed by atoms with Crippen molar-refractivity contribution >= 4 is 0 Å². The number of halogens is 3. The number of hydrogen-bond acceptors (Lipinski definition) is 3. The molecular weight excluding hydrogens is 269 g/mol. The molecule has 112 valence electrons. The molecular formula is C14H19F3N2O. The molecule has 0 bridgehead atoms. The lowest BCUT2D eigenvalue weighted by molar-refractivity contribution is -0.274. The zero-order valence-electron chi connectivity index (χ0n) is 11.4. The first-order chi connectivity index (χ1) is 9.46. The summed E-state index contributed by atoms with van der Waals surface area (Å²) in [5.74, 6) is -0.136. The van der Waals surface area contributed by atoms with Crippen LogP contribution in [0.2, 0.25) is 0 Å². The minimum Gasteiger partial charge on any atom is -0.405 e. The smallest absolute Gasteiger partial charge is 0.405 e. The van der Waals surface area contributed by atoms with Crippen molar-refractivity contribution in [3.05, 3.63) is 29.8 Å². The maximum Gasteiger partial charge on any atom is 0.573 e. The van der Waals surface area contributed by atoms with Crippen LogP contribution in [0.1, 0.15) is 18.4 Å². The third-order valence-corrected chi connectivity index (χ3v) is 3.33. The Balaban J connectivity index is 1.79. The molecule has 1 saturated carbocycles. The summed E-state index contributed by atoms with van der Waals surface area (Å²) < 4.78 is 40.8. The number of hydrogen-bond donors (Lipinski definition) is 1. The third-order valence-electron chi connectivity index (χ3n) is 3.33. The largest absolute Gasteiger partial charge is 0.573 e. The number of likely N-dealkylation sites (N-methyl/N-ethyl adjacent to an activating group) is 1. The predicted octanol–water partition coefficient (Wildman–Crippen LogP) is 2.77. The first-order valence-corrected chi connectivity index (χ1v) is 6.70. The molecule has 0 spiro atoms. The van der Waals surface area contributed by atoms with Crippen LogP contribution < -0.4 is 10.1 Å². The summed E-state index contributed by atoms with van der Waals surface area (Å²) in [5.41, 5.74) is 0.513. The molecule has 0 radical (unpaired) electrons. The molecule has 3 nitrogen and oxygen atoms in total. The number of benzene rings is 1. The highest BCUT2D eigenvalue weighted by Crippen LogP contribution is 2.26. The van der Waals surface area contributed by atoms with Gasteiger partial charge in [0.15, 0.2) is 0 Å². The van der Waals surface area contributed by atoms with Gasteiger partial charge in [-0.15, -0.1) is 13.2 Å². The summed E-state index contributed by atoms with van der Waals surface area (Å²) in [6.45, 7) is 2.01. The first-order valence-electron chi connectivity index (χ1n) is 6.70. The normalized spacial score (nSPS) is 15.7. The molecule has 1 aliphatic carbocycles. The topological polar surface area (TPSA) is 24.5 Å². The minimum absolute atomic E-state index is 0.136. The van der Waals surface area contributed by atoms with Crippen molar-refractivity contribution in [3.63, 3.8) is 0 Å². The van der Waals surface area contributed by atoms with E-state index in [0.717, 1.165) is 13.1 Å². The van der Waals surface area contributed by atoms with E-state index in [9.17, 15) is 13.2 Å². The maximum absolute atomic E-state index is 12.3. The van der Waals surface area contributed by atoms with E-state index in [4.69, 9.17) is 0 Å². The van der Waals surface area contributed by atoms with Crippen molar-refractivity contribution in [2.24, 2.45) is 0 Å². The van der Waals surface area contributed by atoms with E-state index in [2.05, 4.69) is 22.0 Å². The first kappa shape index (κ1) is 15.1. The van der Waals surface area contributed by atoms with Gasteiger partial charge in [-0.1, -0.05) is 18.2 Å². The molecule has 1 aromatic carbocycles. The summed E-state index contributed by atoms with van der Waals surface area (Å²) in [5, 5.41) is 3.15. The molecule has 0 aromatic heterocycles. The van der Waals surface area contributed by atoms with Crippen molar-refractivity contribution in [2.45, 2.75) is 31.8 Å². The highest BCUT2D eigenvalue weighted by molar-refractivity contribution is 5.33. The fourth-order valence-corrected chi connectivity index (χ4v) is 2.05.